The Bertz CT molecular complexity index is 222. The molecule has 2 nitrogen and oxygen atoms in total. The average molecular weight is 282 g/mol. The molecule has 0 saturated heterocycles. The summed E-state index contributed by atoms with van der Waals surface area (Å²) in [6.45, 7) is 8.29. The van der Waals surface area contributed by atoms with E-state index in [1.54, 1.807) is 11.9 Å². The summed E-state index contributed by atoms with van der Waals surface area (Å²) in [6, 6.07) is 0. The van der Waals surface area contributed by atoms with Gasteiger partial charge in [-0.05, 0) is 53.8 Å². The first kappa shape index (κ1) is 18.7. The van der Waals surface area contributed by atoms with Crippen molar-refractivity contribution in [2.75, 3.05) is 26.7 Å². The fourth-order valence-electron chi connectivity index (χ4n) is 1.75. The van der Waals surface area contributed by atoms with Crippen LogP contribution in [-0.4, -0.2) is 43.3 Å². The first-order valence-electron chi connectivity index (χ1n) is 7.10. The monoisotopic (exact) mass is 282 g/mol. The zero-order valence-electron chi connectivity index (χ0n) is 12.7. The Morgan fingerprint density at radius 2 is 1.47 bits per heavy atom. The van der Waals surface area contributed by atoms with Crippen molar-refractivity contribution in [2.45, 2.75) is 64.6 Å². The Morgan fingerprint density at radius 3 is 2.00 bits per heavy atom. The van der Waals surface area contributed by atoms with Gasteiger partial charge in [0.05, 0.1) is 6.42 Å². The van der Waals surface area contributed by atoms with Crippen molar-refractivity contribution in [3.63, 3.8) is 0 Å². The first-order chi connectivity index (χ1) is 8.60. The standard InChI is InChI=1S/C14H29F3N2/c1-13(2,3)18-10-7-5-6-8-11-19(4)12-9-14(15,16)17/h18H,5-12H2,1-4H3. The van der Waals surface area contributed by atoms with Crippen LogP contribution in [0.5, 0.6) is 0 Å². The van der Waals surface area contributed by atoms with Gasteiger partial charge in [-0.15, -0.1) is 0 Å². The van der Waals surface area contributed by atoms with Crippen molar-refractivity contribution in [3.05, 3.63) is 0 Å². The molecule has 0 unspecified atom stereocenters. The average Bonchev–Trinajstić information content (AvgIpc) is 2.22. The smallest absolute Gasteiger partial charge is 0.312 e. The SMILES string of the molecule is CN(CCCCCCNC(C)(C)C)CCC(F)(F)F. The maximum atomic E-state index is 12.0. The first-order valence-corrected chi connectivity index (χ1v) is 7.10. The Labute approximate surface area is 115 Å². The molecule has 0 heterocycles. The largest absolute Gasteiger partial charge is 0.390 e. The summed E-state index contributed by atoms with van der Waals surface area (Å²) < 4.78 is 36.0. The zero-order chi connectivity index (χ0) is 14.9. The minimum absolute atomic E-state index is 0.106. The van der Waals surface area contributed by atoms with Crippen LogP contribution in [0.3, 0.4) is 0 Å². The molecule has 0 bridgehead atoms. The van der Waals surface area contributed by atoms with Crippen LogP contribution < -0.4 is 5.32 Å². The minimum atomic E-state index is -4.03. The molecule has 0 aliphatic carbocycles. The van der Waals surface area contributed by atoms with Gasteiger partial charge in [-0.25, -0.2) is 0 Å². The number of nitrogens with one attached hydrogen (secondary N) is 1. The molecule has 0 atom stereocenters. The molecule has 0 aromatic heterocycles. The van der Waals surface area contributed by atoms with Crippen LogP contribution in [0.2, 0.25) is 0 Å². The number of halogens is 3. The van der Waals surface area contributed by atoms with E-state index in [1.165, 1.54) is 0 Å². The minimum Gasteiger partial charge on any atom is -0.312 e. The Morgan fingerprint density at radius 1 is 0.895 bits per heavy atom. The van der Waals surface area contributed by atoms with Gasteiger partial charge >= 0.3 is 6.18 Å². The summed E-state index contributed by atoms with van der Waals surface area (Å²) in [6.07, 6.45) is -0.419. The van der Waals surface area contributed by atoms with Crippen LogP contribution >= 0.6 is 0 Å². The Kier molecular flexibility index (Phi) is 8.66. The maximum Gasteiger partial charge on any atom is 0.390 e. The molecule has 0 fully saturated rings. The van der Waals surface area contributed by atoms with Crippen LogP contribution in [0.1, 0.15) is 52.9 Å². The van der Waals surface area contributed by atoms with Gasteiger partial charge in [-0.2, -0.15) is 13.2 Å². The Balaban J connectivity index is 3.35. The maximum absolute atomic E-state index is 12.0. The molecule has 0 spiro atoms. The predicted molar refractivity (Wildman–Crippen MR) is 74.4 cm³/mol. The van der Waals surface area contributed by atoms with E-state index in [0.29, 0.717) is 0 Å². The van der Waals surface area contributed by atoms with Crippen molar-refractivity contribution < 1.29 is 13.2 Å². The quantitative estimate of drug-likeness (QED) is 0.647. The third-order valence-electron chi connectivity index (χ3n) is 2.90. The number of alkyl halides is 3. The molecular formula is C14H29F3N2. The summed E-state index contributed by atoms with van der Waals surface area (Å²) >= 11 is 0. The van der Waals surface area contributed by atoms with E-state index < -0.39 is 12.6 Å². The lowest BCUT2D eigenvalue weighted by Crippen LogP contribution is -2.36. The molecule has 116 valence electrons. The fourth-order valence-corrected chi connectivity index (χ4v) is 1.75. The number of hydrogen-bond donors (Lipinski definition) is 1. The number of rotatable bonds is 9. The third-order valence-corrected chi connectivity index (χ3v) is 2.90. The molecule has 19 heavy (non-hydrogen) atoms. The van der Waals surface area contributed by atoms with Gasteiger partial charge in [0.25, 0.3) is 0 Å². The molecule has 0 aromatic carbocycles. The van der Waals surface area contributed by atoms with E-state index in [-0.39, 0.29) is 12.1 Å². The summed E-state index contributed by atoms with van der Waals surface area (Å²) in [4.78, 5) is 1.76. The number of hydrogen-bond acceptors (Lipinski definition) is 2. The van der Waals surface area contributed by atoms with Crippen LogP contribution in [0.25, 0.3) is 0 Å². The van der Waals surface area contributed by atoms with E-state index in [9.17, 15) is 13.2 Å². The van der Waals surface area contributed by atoms with Crippen molar-refractivity contribution in [1.82, 2.24) is 10.2 Å². The van der Waals surface area contributed by atoms with Crippen LogP contribution in [0.15, 0.2) is 0 Å². The van der Waals surface area contributed by atoms with Gasteiger partial charge in [-0.1, -0.05) is 12.8 Å². The van der Waals surface area contributed by atoms with Gasteiger partial charge in [0.2, 0.25) is 0 Å². The molecule has 0 radical (unpaired) electrons. The summed E-state index contributed by atoms with van der Waals surface area (Å²) in [5.41, 5.74) is 0.164. The second-order valence-corrected chi connectivity index (χ2v) is 6.26. The Hall–Kier alpha value is -0.290. The van der Waals surface area contributed by atoms with Gasteiger partial charge in [0.15, 0.2) is 0 Å². The summed E-state index contributed by atoms with van der Waals surface area (Å²) in [5, 5.41) is 3.42. The van der Waals surface area contributed by atoms with Crippen molar-refractivity contribution in [3.8, 4) is 0 Å². The van der Waals surface area contributed by atoms with Crippen molar-refractivity contribution in [2.24, 2.45) is 0 Å². The highest BCUT2D eigenvalue weighted by atomic mass is 19.4. The highest BCUT2D eigenvalue weighted by Crippen LogP contribution is 2.19. The highest BCUT2D eigenvalue weighted by molar-refractivity contribution is 4.69. The van der Waals surface area contributed by atoms with E-state index in [2.05, 4.69) is 26.1 Å². The molecule has 0 aromatic rings. The topological polar surface area (TPSA) is 15.3 Å². The molecule has 0 rings (SSSR count). The molecule has 0 saturated carbocycles. The number of nitrogens with zero attached hydrogens (tertiary/aromatic N) is 1. The van der Waals surface area contributed by atoms with Gasteiger partial charge in [0, 0.05) is 12.1 Å². The third kappa shape index (κ3) is 15.7. The molecular weight excluding hydrogens is 253 g/mol. The zero-order valence-corrected chi connectivity index (χ0v) is 12.7. The number of unbranched alkanes of at least 4 members (excludes halogenated alkanes) is 3. The molecule has 0 amide bonds. The molecule has 5 heteroatoms. The van der Waals surface area contributed by atoms with Crippen LogP contribution in [-0.2, 0) is 0 Å². The fraction of sp³-hybridized carbons (Fsp3) is 1.00. The van der Waals surface area contributed by atoms with E-state index in [4.69, 9.17) is 0 Å². The predicted octanol–water partition coefficient (Wildman–Crippen LogP) is 3.82. The van der Waals surface area contributed by atoms with Gasteiger partial charge in [0.1, 0.15) is 0 Å². The molecule has 1 N–H and O–H groups in total. The van der Waals surface area contributed by atoms with Crippen molar-refractivity contribution in [1.29, 1.82) is 0 Å². The summed E-state index contributed by atoms with van der Waals surface area (Å²) in [5.74, 6) is 0. The second kappa shape index (κ2) is 8.80. The molecule has 0 aliphatic heterocycles. The van der Waals surface area contributed by atoms with E-state index >= 15 is 0 Å². The lowest BCUT2D eigenvalue weighted by molar-refractivity contribution is -0.137. The summed E-state index contributed by atoms with van der Waals surface area (Å²) in [7, 11) is 1.76. The lowest BCUT2D eigenvalue weighted by Gasteiger charge is -2.20. The normalized spacial score (nSPS) is 13.3. The second-order valence-electron chi connectivity index (χ2n) is 6.26. The van der Waals surface area contributed by atoms with Crippen LogP contribution in [0, 0.1) is 0 Å². The molecule has 0 aliphatic rings. The van der Waals surface area contributed by atoms with E-state index in [0.717, 1.165) is 38.8 Å². The van der Waals surface area contributed by atoms with Gasteiger partial charge in [-0.3, -0.25) is 0 Å². The van der Waals surface area contributed by atoms with Crippen LogP contribution in [0.4, 0.5) is 13.2 Å². The highest BCUT2D eigenvalue weighted by Gasteiger charge is 2.26. The van der Waals surface area contributed by atoms with Crippen molar-refractivity contribution >= 4 is 0 Å². The lowest BCUT2D eigenvalue weighted by atomic mass is 10.1. The van der Waals surface area contributed by atoms with Gasteiger partial charge < -0.3 is 10.2 Å². The van der Waals surface area contributed by atoms with E-state index in [1.807, 2.05) is 0 Å².